The zero-order valence-electron chi connectivity index (χ0n) is 19.0. The Morgan fingerprint density at radius 3 is 2.48 bits per heavy atom. The molecule has 0 aromatic heterocycles. The zero-order chi connectivity index (χ0) is 23.6. The molecule has 0 saturated carbocycles. The summed E-state index contributed by atoms with van der Waals surface area (Å²) in [6.07, 6.45) is 3.85. The molecule has 2 aliphatic heterocycles. The molecule has 1 unspecified atom stereocenters. The summed E-state index contributed by atoms with van der Waals surface area (Å²) in [5.74, 6) is -0.0455. The van der Waals surface area contributed by atoms with Crippen molar-refractivity contribution in [1.82, 2.24) is 4.90 Å². The number of thiocarbonyl (C=S) groups is 1. The van der Waals surface area contributed by atoms with Crippen LogP contribution in [0.1, 0.15) is 55.1 Å². The van der Waals surface area contributed by atoms with Crippen molar-refractivity contribution in [3.05, 3.63) is 70.1 Å². The predicted octanol–water partition coefficient (Wildman–Crippen LogP) is 5.58. The highest BCUT2D eigenvalue weighted by molar-refractivity contribution is 8.26. The van der Waals surface area contributed by atoms with Gasteiger partial charge in [0.05, 0.1) is 23.1 Å². The lowest BCUT2D eigenvalue weighted by Crippen LogP contribution is -2.35. The number of ether oxygens (including phenoxy) is 2. The van der Waals surface area contributed by atoms with Crippen LogP contribution in [0.15, 0.2) is 53.4 Å². The van der Waals surface area contributed by atoms with Gasteiger partial charge in [0.15, 0.2) is 0 Å². The van der Waals surface area contributed by atoms with Gasteiger partial charge in [-0.3, -0.25) is 9.69 Å². The number of benzene rings is 2. The molecule has 33 heavy (non-hydrogen) atoms. The van der Waals surface area contributed by atoms with E-state index in [1.165, 1.54) is 11.8 Å². The van der Waals surface area contributed by atoms with Crippen LogP contribution in [0.3, 0.4) is 0 Å². The fourth-order valence-electron chi connectivity index (χ4n) is 3.71. The van der Waals surface area contributed by atoms with Crippen LogP contribution in [0.2, 0.25) is 0 Å². The van der Waals surface area contributed by atoms with Crippen molar-refractivity contribution in [2.45, 2.75) is 45.1 Å². The molecule has 2 heterocycles. The Bertz CT molecular complexity index is 1080. The molecule has 0 N–H and O–H groups in total. The number of amides is 1. The molecular weight excluding hydrogens is 454 g/mol. The summed E-state index contributed by atoms with van der Waals surface area (Å²) < 4.78 is 11.7. The van der Waals surface area contributed by atoms with Gasteiger partial charge in [0.2, 0.25) is 0 Å². The minimum Gasteiger partial charge on any atom is -0.423 e. The van der Waals surface area contributed by atoms with Crippen molar-refractivity contribution in [3.8, 4) is 5.75 Å². The van der Waals surface area contributed by atoms with Gasteiger partial charge >= 0.3 is 5.97 Å². The van der Waals surface area contributed by atoms with Crippen LogP contribution in [0.5, 0.6) is 5.75 Å². The largest absolute Gasteiger partial charge is 0.423 e. The molecule has 4 rings (SSSR count). The van der Waals surface area contributed by atoms with Gasteiger partial charge < -0.3 is 9.47 Å². The maximum Gasteiger partial charge on any atom is 0.343 e. The summed E-state index contributed by atoms with van der Waals surface area (Å²) in [5.41, 5.74) is 2.52. The highest BCUT2D eigenvalue weighted by atomic mass is 32.2. The number of carbonyl (C=O) groups excluding carboxylic acids is 2. The van der Waals surface area contributed by atoms with Gasteiger partial charge in [-0.15, -0.1) is 0 Å². The van der Waals surface area contributed by atoms with E-state index in [-0.39, 0.29) is 17.4 Å². The normalized spacial score (nSPS) is 20.0. The number of esters is 1. The molecule has 172 valence electrons. The number of nitrogens with zero attached hydrogens (tertiary/aromatic N) is 1. The van der Waals surface area contributed by atoms with Gasteiger partial charge in [0.1, 0.15) is 10.1 Å². The predicted molar refractivity (Wildman–Crippen MR) is 135 cm³/mol. The van der Waals surface area contributed by atoms with E-state index in [0.29, 0.717) is 27.1 Å². The first-order valence-electron chi connectivity index (χ1n) is 11.0. The van der Waals surface area contributed by atoms with E-state index in [1.807, 2.05) is 30.3 Å². The first kappa shape index (κ1) is 23.7. The minimum atomic E-state index is -0.404. The van der Waals surface area contributed by atoms with Crippen molar-refractivity contribution in [2.75, 3.05) is 13.2 Å². The Hall–Kier alpha value is -2.48. The van der Waals surface area contributed by atoms with E-state index < -0.39 is 5.97 Å². The number of hydrogen-bond acceptors (Lipinski definition) is 6. The van der Waals surface area contributed by atoms with E-state index in [0.717, 1.165) is 30.6 Å². The summed E-state index contributed by atoms with van der Waals surface area (Å²) in [6, 6.07) is 14.6. The second-order valence-electron chi connectivity index (χ2n) is 9.21. The minimum absolute atomic E-state index is 0.0246. The molecule has 7 heteroatoms. The van der Waals surface area contributed by atoms with Crippen molar-refractivity contribution in [1.29, 1.82) is 0 Å². The molecule has 1 amide bonds. The van der Waals surface area contributed by atoms with Crippen LogP contribution < -0.4 is 4.74 Å². The van der Waals surface area contributed by atoms with Crippen LogP contribution in [0, 0.1) is 0 Å². The second-order valence-corrected chi connectivity index (χ2v) is 10.9. The fraction of sp³-hybridized carbons (Fsp3) is 0.346. The van der Waals surface area contributed by atoms with E-state index in [1.54, 1.807) is 29.2 Å². The highest BCUT2D eigenvalue weighted by Gasteiger charge is 2.34. The molecule has 0 spiro atoms. The molecule has 0 aliphatic carbocycles. The van der Waals surface area contributed by atoms with Crippen LogP contribution in [-0.2, 0) is 14.9 Å². The lowest BCUT2D eigenvalue weighted by molar-refractivity contribution is -0.123. The Balaban J connectivity index is 1.39. The van der Waals surface area contributed by atoms with E-state index >= 15 is 0 Å². The van der Waals surface area contributed by atoms with Crippen molar-refractivity contribution in [3.63, 3.8) is 0 Å². The van der Waals surface area contributed by atoms with Crippen LogP contribution in [-0.4, -0.2) is 40.4 Å². The van der Waals surface area contributed by atoms with Gasteiger partial charge in [-0.05, 0) is 59.7 Å². The van der Waals surface area contributed by atoms with Gasteiger partial charge in [0.25, 0.3) is 5.91 Å². The van der Waals surface area contributed by atoms with E-state index in [4.69, 9.17) is 21.7 Å². The van der Waals surface area contributed by atoms with Crippen LogP contribution in [0.4, 0.5) is 0 Å². The number of carbonyl (C=O) groups is 2. The van der Waals surface area contributed by atoms with Crippen molar-refractivity contribution in [2.24, 2.45) is 0 Å². The molecule has 0 bridgehead atoms. The standard InChI is InChI=1S/C26H27NO4S2/c1-26(2,3)19-10-8-18(9-11-19)24(29)31-20-12-6-17(7-13-20)15-22-23(28)27(25(32)33-22)16-21-5-4-14-30-21/h6-13,15,21H,4-5,14,16H2,1-3H3/b22-15-. The monoisotopic (exact) mass is 481 g/mol. The van der Waals surface area contributed by atoms with E-state index in [2.05, 4.69) is 20.8 Å². The summed E-state index contributed by atoms with van der Waals surface area (Å²) >= 11 is 6.71. The number of thioether (sulfide) groups is 1. The number of rotatable bonds is 5. The molecular formula is C26H27NO4S2. The molecule has 2 aromatic carbocycles. The highest BCUT2D eigenvalue weighted by Crippen LogP contribution is 2.33. The molecule has 2 aliphatic rings. The third-order valence-corrected chi connectivity index (χ3v) is 7.04. The van der Waals surface area contributed by atoms with Gasteiger partial charge in [-0.2, -0.15) is 0 Å². The van der Waals surface area contributed by atoms with Gasteiger partial charge in [-0.25, -0.2) is 4.79 Å². The quantitative estimate of drug-likeness (QED) is 0.240. The molecule has 2 saturated heterocycles. The Morgan fingerprint density at radius 2 is 1.88 bits per heavy atom. The van der Waals surface area contributed by atoms with Gasteiger partial charge in [0, 0.05) is 6.61 Å². The molecule has 2 fully saturated rings. The summed E-state index contributed by atoms with van der Waals surface area (Å²) in [6.45, 7) is 7.64. The molecule has 1 atom stereocenters. The zero-order valence-corrected chi connectivity index (χ0v) is 20.6. The smallest absolute Gasteiger partial charge is 0.343 e. The van der Waals surface area contributed by atoms with Crippen LogP contribution in [0.25, 0.3) is 6.08 Å². The maximum absolute atomic E-state index is 12.8. The fourth-order valence-corrected chi connectivity index (χ4v) is 4.98. The van der Waals surface area contributed by atoms with Crippen molar-refractivity contribution >= 4 is 46.3 Å². The molecule has 2 aromatic rings. The number of hydrogen-bond donors (Lipinski definition) is 0. The second kappa shape index (κ2) is 9.79. The SMILES string of the molecule is CC(C)(C)c1ccc(C(=O)Oc2ccc(/C=C3\SC(=S)N(CC4CCCO4)C3=O)cc2)cc1. The first-order chi connectivity index (χ1) is 15.7. The van der Waals surface area contributed by atoms with Gasteiger partial charge in [-0.1, -0.05) is 69.0 Å². The Labute approximate surface area is 204 Å². The third-order valence-electron chi connectivity index (χ3n) is 5.66. The molecule has 5 nitrogen and oxygen atoms in total. The Kier molecular flexibility index (Phi) is 7.02. The van der Waals surface area contributed by atoms with Crippen LogP contribution >= 0.6 is 24.0 Å². The summed E-state index contributed by atoms with van der Waals surface area (Å²) in [4.78, 5) is 27.5. The molecule has 0 radical (unpaired) electrons. The average molecular weight is 482 g/mol. The lowest BCUT2D eigenvalue weighted by atomic mass is 9.87. The summed E-state index contributed by atoms with van der Waals surface area (Å²) in [7, 11) is 0. The topological polar surface area (TPSA) is 55.8 Å². The third kappa shape index (κ3) is 5.72. The summed E-state index contributed by atoms with van der Waals surface area (Å²) in [5, 5.41) is 0. The first-order valence-corrected chi connectivity index (χ1v) is 12.2. The maximum atomic E-state index is 12.8. The van der Waals surface area contributed by atoms with E-state index in [9.17, 15) is 9.59 Å². The van der Waals surface area contributed by atoms with Crippen molar-refractivity contribution < 1.29 is 19.1 Å². The Morgan fingerprint density at radius 1 is 1.18 bits per heavy atom. The lowest BCUT2D eigenvalue weighted by Gasteiger charge is -2.18. The average Bonchev–Trinajstić information content (AvgIpc) is 3.39.